The van der Waals surface area contributed by atoms with Crippen LogP contribution in [-0.2, 0) is 20.9 Å². The molecular formula is C17H16N2O5S. The Hall–Kier alpha value is -2.71. The highest BCUT2D eigenvalue weighted by Gasteiger charge is 2.19. The quantitative estimate of drug-likeness (QED) is 0.624. The molecule has 1 heterocycles. The van der Waals surface area contributed by atoms with Crippen LogP contribution in [-0.4, -0.2) is 32.6 Å². The third kappa shape index (κ3) is 3.70. The molecular weight excluding hydrogens is 344 g/mol. The minimum Gasteiger partial charge on any atom is -0.481 e. The van der Waals surface area contributed by atoms with E-state index in [1.165, 1.54) is 26.4 Å². The zero-order valence-electron chi connectivity index (χ0n) is 13.7. The van der Waals surface area contributed by atoms with Gasteiger partial charge in [-0.15, -0.1) is 0 Å². The van der Waals surface area contributed by atoms with Gasteiger partial charge < -0.3 is 9.47 Å². The summed E-state index contributed by atoms with van der Waals surface area (Å²) in [7, 11) is -1.10. The first-order valence-electron chi connectivity index (χ1n) is 7.36. The van der Waals surface area contributed by atoms with Crippen LogP contribution in [0, 0.1) is 0 Å². The second-order valence-corrected chi connectivity index (χ2v) is 6.65. The normalized spacial score (nSPS) is 11.4. The predicted molar refractivity (Wildman–Crippen MR) is 91.1 cm³/mol. The lowest BCUT2D eigenvalue weighted by Gasteiger charge is -2.09. The van der Waals surface area contributed by atoms with Gasteiger partial charge in [-0.1, -0.05) is 36.4 Å². The van der Waals surface area contributed by atoms with Crippen molar-refractivity contribution in [1.82, 2.24) is 9.97 Å². The maximum Gasteiger partial charge on any atom is 0.298 e. The van der Waals surface area contributed by atoms with Gasteiger partial charge >= 0.3 is 0 Å². The van der Waals surface area contributed by atoms with Crippen molar-refractivity contribution in [2.24, 2.45) is 0 Å². The number of rotatable bonds is 6. The molecule has 0 saturated heterocycles. The third-order valence-corrected chi connectivity index (χ3v) is 4.83. The van der Waals surface area contributed by atoms with E-state index >= 15 is 0 Å². The monoisotopic (exact) mass is 360 g/mol. The van der Waals surface area contributed by atoms with Gasteiger partial charge in [-0.2, -0.15) is 18.4 Å². The molecule has 7 nitrogen and oxygen atoms in total. The molecule has 0 fully saturated rings. The lowest BCUT2D eigenvalue weighted by atomic mass is 10.1. The van der Waals surface area contributed by atoms with Crippen LogP contribution in [0.1, 0.15) is 5.82 Å². The molecule has 130 valence electrons. The summed E-state index contributed by atoms with van der Waals surface area (Å²) in [5, 5.41) is 1.40. The fraction of sp³-hybridized carbons (Fsp3) is 0.176. The van der Waals surface area contributed by atoms with E-state index in [1.54, 1.807) is 18.2 Å². The van der Waals surface area contributed by atoms with Crippen LogP contribution in [0.2, 0.25) is 0 Å². The Kier molecular flexibility index (Phi) is 4.82. The first kappa shape index (κ1) is 17.1. The Labute approximate surface area is 145 Å². The van der Waals surface area contributed by atoms with Crippen molar-refractivity contribution in [2.45, 2.75) is 11.5 Å². The highest BCUT2D eigenvalue weighted by Crippen LogP contribution is 2.25. The van der Waals surface area contributed by atoms with E-state index < -0.39 is 10.1 Å². The first-order chi connectivity index (χ1) is 12.0. The number of hydrogen-bond donors (Lipinski definition) is 0. The largest absolute Gasteiger partial charge is 0.481 e. The van der Waals surface area contributed by atoms with E-state index in [2.05, 4.69) is 9.97 Å². The first-order valence-corrected chi connectivity index (χ1v) is 8.77. The average molecular weight is 360 g/mol. The molecule has 0 atom stereocenters. The van der Waals surface area contributed by atoms with Gasteiger partial charge in [-0.05, 0) is 11.5 Å². The van der Waals surface area contributed by atoms with Crippen molar-refractivity contribution in [3.05, 3.63) is 54.4 Å². The van der Waals surface area contributed by atoms with Crippen LogP contribution in [0.3, 0.4) is 0 Å². The van der Waals surface area contributed by atoms with Gasteiger partial charge in [-0.3, -0.25) is 4.18 Å². The van der Waals surface area contributed by atoms with Crippen LogP contribution in [0.15, 0.2) is 53.4 Å². The standard InChI is InChI=1S/C17H16N2O5S/c1-22-16-10-17(23-2)19-15(18-16)11-24-25(20,21)14-9-5-7-12-6-3-4-8-13(12)14/h3-10H,11H2,1-2H3. The van der Waals surface area contributed by atoms with Crippen LogP contribution < -0.4 is 9.47 Å². The molecule has 3 aromatic rings. The molecule has 3 rings (SSSR count). The van der Waals surface area contributed by atoms with Gasteiger partial charge in [0.15, 0.2) is 5.82 Å². The number of methoxy groups -OCH3 is 2. The molecule has 0 aliphatic carbocycles. The molecule has 0 aliphatic rings. The third-order valence-electron chi connectivity index (χ3n) is 3.51. The highest BCUT2D eigenvalue weighted by atomic mass is 32.2. The topological polar surface area (TPSA) is 87.6 Å². The second-order valence-electron chi connectivity index (χ2n) is 5.06. The SMILES string of the molecule is COc1cc(OC)nc(COS(=O)(=O)c2cccc3ccccc23)n1. The second kappa shape index (κ2) is 7.04. The Morgan fingerprint density at radius 1 is 0.920 bits per heavy atom. The number of benzene rings is 2. The van der Waals surface area contributed by atoms with Crippen molar-refractivity contribution in [3.63, 3.8) is 0 Å². The van der Waals surface area contributed by atoms with Crippen LogP contribution in [0.25, 0.3) is 10.8 Å². The predicted octanol–water partition coefficient (Wildman–Crippen LogP) is 2.55. The maximum atomic E-state index is 12.6. The number of hydrogen-bond acceptors (Lipinski definition) is 7. The molecule has 0 saturated carbocycles. The van der Waals surface area contributed by atoms with E-state index in [0.29, 0.717) is 5.39 Å². The molecule has 1 aromatic heterocycles. The molecule has 0 aliphatic heterocycles. The fourth-order valence-electron chi connectivity index (χ4n) is 2.33. The summed E-state index contributed by atoms with van der Waals surface area (Å²) in [6.45, 7) is -0.334. The van der Waals surface area contributed by atoms with E-state index in [4.69, 9.17) is 13.7 Å². The van der Waals surface area contributed by atoms with Crippen molar-refractivity contribution < 1.29 is 22.1 Å². The van der Waals surface area contributed by atoms with E-state index in [9.17, 15) is 8.42 Å². The maximum absolute atomic E-state index is 12.6. The van der Waals surface area contributed by atoms with E-state index in [-0.39, 0.29) is 29.1 Å². The van der Waals surface area contributed by atoms with Crippen molar-refractivity contribution in [1.29, 1.82) is 0 Å². The Balaban J connectivity index is 1.89. The molecule has 2 aromatic carbocycles. The lowest BCUT2D eigenvalue weighted by Crippen LogP contribution is -2.09. The molecule has 0 N–H and O–H groups in total. The summed E-state index contributed by atoms with van der Waals surface area (Å²) in [6, 6.07) is 13.7. The summed E-state index contributed by atoms with van der Waals surface area (Å²) in [4.78, 5) is 8.21. The molecule has 0 radical (unpaired) electrons. The minimum absolute atomic E-state index is 0.0976. The van der Waals surface area contributed by atoms with Crippen LogP contribution in [0.5, 0.6) is 11.8 Å². The van der Waals surface area contributed by atoms with Gasteiger partial charge in [0.1, 0.15) is 11.5 Å². The van der Waals surface area contributed by atoms with Crippen molar-refractivity contribution in [2.75, 3.05) is 14.2 Å². The van der Waals surface area contributed by atoms with E-state index in [0.717, 1.165) is 5.39 Å². The van der Waals surface area contributed by atoms with Crippen molar-refractivity contribution in [3.8, 4) is 11.8 Å². The number of aromatic nitrogens is 2. The molecule has 25 heavy (non-hydrogen) atoms. The number of fused-ring (bicyclic) bond motifs is 1. The summed E-state index contributed by atoms with van der Waals surface area (Å²) in [5.41, 5.74) is 0. The summed E-state index contributed by atoms with van der Waals surface area (Å²) >= 11 is 0. The van der Waals surface area contributed by atoms with Crippen LogP contribution >= 0.6 is 0 Å². The Bertz CT molecular complexity index is 977. The zero-order valence-corrected chi connectivity index (χ0v) is 14.5. The molecule has 0 bridgehead atoms. The number of ether oxygens (including phenoxy) is 2. The minimum atomic E-state index is -3.99. The number of nitrogens with zero attached hydrogens (tertiary/aromatic N) is 2. The zero-order chi connectivity index (χ0) is 17.9. The van der Waals surface area contributed by atoms with Gasteiger partial charge in [0.2, 0.25) is 11.8 Å². The summed E-state index contributed by atoms with van der Waals surface area (Å²) in [6.07, 6.45) is 0. The van der Waals surface area contributed by atoms with Gasteiger partial charge in [0, 0.05) is 5.39 Å². The molecule has 0 amide bonds. The van der Waals surface area contributed by atoms with Gasteiger partial charge in [-0.25, -0.2) is 0 Å². The summed E-state index contributed by atoms with van der Waals surface area (Å²) in [5.74, 6) is 0.654. The summed E-state index contributed by atoms with van der Waals surface area (Å²) < 4.78 is 40.4. The van der Waals surface area contributed by atoms with E-state index in [1.807, 2.05) is 18.2 Å². The molecule has 0 spiro atoms. The molecule has 8 heteroatoms. The van der Waals surface area contributed by atoms with Gasteiger partial charge in [0.25, 0.3) is 10.1 Å². The smallest absolute Gasteiger partial charge is 0.298 e. The van der Waals surface area contributed by atoms with Gasteiger partial charge in [0.05, 0.1) is 20.3 Å². The van der Waals surface area contributed by atoms with Crippen LogP contribution in [0.4, 0.5) is 0 Å². The molecule has 0 unspecified atom stereocenters. The highest BCUT2D eigenvalue weighted by molar-refractivity contribution is 7.87. The average Bonchev–Trinajstić information content (AvgIpc) is 2.65. The fourth-order valence-corrected chi connectivity index (χ4v) is 3.42. The lowest BCUT2D eigenvalue weighted by molar-refractivity contribution is 0.290. The van der Waals surface area contributed by atoms with Crippen molar-refractivity contribution >= 4 is 20.9 Å². The Morgan fingerprint density at radius 2 is 1.56 bits per heavy atom. The Morgan fingerprint density at radius 3 is 2.24 bits per heavy atom.